The summed E-state index contributed by atoms with van der Waals surface area (Å²) in [5, 5.41) is 9.04. The number of carbonyl (C=O) groups is 2. The van der Waals surface area contributed by atoms with Crippen LogP contribution in [0.5, 0.6) is 0 Å². The molecule has 0 spiro atoms. The highest BCUT2D eigenvalue weighted by Gasteiger charge is 2.25. The summed E-state index contributed by atoms with van der Waals surface area (Å²) < 4.78 is 6.41. The SMILES string of the molecule is CC(C)c1ccn(C(=O)OC(C)(C)C)c1C(=O)CO. The third-order valence-electron chi connectivity index (χ3n) is 2.54. The highest BCUT2D eigenvalue weighted by Crippen LogP contribution is 2.22. The van der Waals surface area contributed by atoms with Crippen LogP contribution in [0.25, 0.3) is 0 Å². The van der Waals surface area contributed by atoms with Gasteiger partial charge in [-0.1, -0.05) is 13.8 Å². The van der Waals surface area contributed by atoms with Crippen molar-refractivity contribution < 1.29 is 19.4 Å². The number of ether oxygens (including phenoxy) is 1. The molecule has 0 unspecified atom stereocenters. The number of rotatable bonds is 3. The van der Waals surface area contributed by atoms with E-state index < -0.39 is 24.1 Å². The molecule has 1 aromatic heterocycles. The molecule has 0 bridgehead atoms. The minimum atomic E-state index is -0.640. The molecule has 19 heavy (non-hydrogen) atoms. The first kappa shape index (κ1) is 15.4. The molecule has 1 rings (SSSR count). The number of aromatic nitrogens is 1. The summed E-state index contributed by atoms with van der Waals surface area (Å²) in [6, 6.07) is 1.71. The number of hydrogen-bond donors (Lipinski definition) is 1. The Hall–Kier alpha value is -1.62. The van der Waals surface area contributed by atoms with Crippen LogP contribution < -0.4 is 0 Å². The molecule has 0 aromatic carbocycles. The predicted octanol–water partition coefficient (Wildman–Crippen LogP) is 2.57. The smallest absolute Gasteiger partial charge is 0.419 e. The van der Waals surface area contributed by atoms with Gasteiger partial charge in [0.05, 0.1) is 0 Å². The highest BCUT2D eigenvalue weighted by molar-refractivity contribution is 5.99. The second-order valence-electron chi connectivity index (χ2n) is 5.71. The summed E-state index contributed by atoms with van der Waals surface area (Å²) in [5.41, 5.74) is 0.287. The summed E-state index contributed by atoms with van der Waals surface area (Å²) in [4.78, 5) is 23.9. The van der Waals surface area contributed by atoms with E-state index >= 15 is 0 Å². The molecular formula is C14H21NO4. The molecule has 0 fully saturated rings. The Morgan fingerprint density at radius 1 is 1.37 bits per heavy atom. The second kappa shape index (κ2) is 5.57. The van der Waals surface area contributed by atoms with Crippen LogP contribution in [-0.4, -0.2) is 33.8 Å². The van der Waals surface area contributed by atoms with E-state index in [1.54, 1.807) is 26.8 Å². The van der Waals surface area contributed by atoms with Crippen molar-refractivity contribution in [3.05, 3.63) is 23.5 Å². The summed E-state index contributed by atoms with van der Waals surface area (Å²) in [7, 11) is 0. The third kappa shape index (κ3) is 3.67. The largest absolute Gasteiger partial charge is 0.443 e. The van der Waals surface area contributed by atoms with Gasteiger partial charge < -0.3 is 9.84 Å². The number of ketones is 1. The molecule has 0 aliphatic carbocycles. The molecule has 0 atom stereocenters. The zero-order valence-electron chi connectivity index (χ0n) is 12.1. The van der Waals surface area contributed by atoms with Crippen LogP contribution in [0.3, 0.4) is 0 Å². The van der Waals surface area contributed by atoms with Crippen LogP contribution in [-0.2, 0) is 4.74 Å². The van der Waals surface area contributed by atoms with Gasteiger partial charge in [-0.3, -0.25) is 4.79 Å². The first-order valence-electron chi connectivity index (χ1n) is 6.26. The lowest BCUT2D eigenvalue weighted by molar-refractivity contribution is 0.0525. The van der Waals surface area contributed by atoms with E-state index in [2.05, 4.69) is 0 Å². The molecule has 1 N–H and O–H groups in total. The molecular weight excluding hydrogens is 246 g/mol. The maximum atomic E-state index is 12.0. The number of hydrogen-bond acceptors (Lipinski definition) is 4. The highest BCUT2D eigenvalue weighted by atomic mass is 16.6. The Kier molecular flexibility index (Phi) is 4.52. The lowest BCUT2D eigenvalue weighted by Gasteiger charge is -2.20. The van der Waals surface area contributed by atoms with Crippen molar-refractivity contribution in [2.45, 2.75) is 46.1 Å². The zero-order chi connectivity index (χ0) is 14.8. The fourth-order valence-electron chi connectivity index (χ4n) is 1.75. The van der Waals surface area contributed by atoms with Crippen LogP contribution in [0.4, 0.5) is 4.79 Å². The maximum Gasteiger partial charge on any atom is 0.419 e. The second-order valence-corrected chi connectivity index (χ2v) is 5.71. The Balaban J connectivity index is 3.21. The van der Waals surface area contributed by atoms with E-state index in [4.69, 9.17) is 9.84 Å². The molecule has 1 aromatic rings. The molecule has 5 nitrogen and oxygen atoms in total. The van der Waals surface area contributed by atoms with Gasteiger partial charge in [0.2, 0.25) is 5.78 Å². The van der Waals surface area contributed by atoms with Gasteiger partial charge in [0.25, 0.3) is 0 Å². The normalized spacial score (nSPS) is 11.7. The van der Waals surface area contributed by atoms with E-state index in [-0.39, 0.29) is 11.6 Å². The zero-order valence-corrected chi connectivity index (χ0v) is 12.1. The standard InChI is InChI=1S/C14H21NO4/c1-9(2)10-6-7-15(12(10)11(17)8-16)13(18)19-14(3,4)5/h6-7,9,16H,8H2,1-5H3. The van der Waals surface area contributed by atoms with Crippen LogP contribution >= 0.6 is 0 Å². The van der Waals surface area contributed by atoms with Gasteiger partial charge in [0.15, 0.2) is 0 Å². The maximum absolute atomic E-state index is 12.0. The van der Waals surface area contributed by atoms with E-state index in [0.717, 1.165) is 5.56 Å². The van der Waals surface area contributed by atoms with Crippen LogP contribution in [0.15, 0.2) is 12.3 Å². The van der Waals surface area contributed by atoms with Crippen molar-refractivity contribution in [3.63, 3.8) is 0 Å². The van der Waals surface area contributed by atoms with E-state index in [1.807, 2.05) is 13.8 Å². The molecule has 0 saturated heterocycles. The number of aliphatic hydroxyl groups excluding tert-OH is 1. The number of nitrogens with zero attached hydrogens (tertiary/aromatic N) is 1. The fourth-order valence-corrected chi connectivity index (χ4v) is 1.75. The van der Waals surface area contributed by atoms with Gasteiger partial charge in [-0.25, -0.2) is 9.36 Å². The van der Waals surface area contributed by atoms with Crippen molar-refractivity contribution in [2.24, 2.45) is 0 Å². The molecule has 0 amide bonds. The number of aliphatic hydroxyl groups is 1. The van der Waals surface area contributed by atoms with Gasteiger partial charge >= 0.3 is 6.09 Å². The van der Waals surface area contributed by atoms with Gasteiger partial charge in [0.1, 0.15) is 17.9 Å². The fraction of sp³-hybridized carbons (Fsp3) is 0.571. The van der Waals surface area contributed by atoms with E-state index in [0.29, 0.717) is 0 Å². The quantitative estimate of drug-likeness (QED) is 0.855. The van der Waals surface area contributed by atoms with Gasteiger partial charge in [-0.05, 0) is 38.3 Å². The first-order valence-corrected chi connectivity index (χ1v) is 6.26. The lowest BCUT2D eigenvalue weighted by atomic mass is 10.0. The molecule has 106 valence electrons. The predicted molar refractivity (Wildman–Crippen MR) is 71.6 cm³/mol. The Bertz CT molecular complexity index is 480. The average Bonchev–Trinajstić information content (AvgIpc) is 2.70. The molecule has 0 aliphatic rings. The topological polar surface area (TPSA) is 68.5 Å². The van der Waals surface area contributed by atoms with E-state index in [1.165, 1.54) is 10.8 Å². The first-order chi connectivity index (χ1) is 8.67. The van der Waals surface area contributed by atoms with Crippen molar-refractivity contribution >= 4 is 11.9 Å². The Labute approximate surface area is 113 Å². The summed E-state index contributed by atoms with van der Waals surface area (Å²) in [5.74, 6) is -0.409. The molecule has 0 saturated carbocycles. The van der Waals surface area contributed by atoms with Crippen molar-refractivity contribution in [3.8, 4) is 0 Å². The monoisotopic (exact) mass is 267 g/mol. The Morgan fingerprint density at radius 2 is 1.95 bits per heavy atom. The molecule has 0 radical (unpaired) electrons. The number of carbonyl (C=O) groups excluding carboxylic acids is 2. The van der Waals surface area contributed by atoms with Crippen molar-refractivity contribution in [1.82, 2.24) is 4.57 Å². The molecule has 5 heteroatoms. The van der Waals surface area contributed by atoms with Crippen LogP contribution in [0.1, 0.15) is 56.6 Å². The van der Waals surface area contributed by atoms with Gasteiger partial charge in [-0.2, -0.15) is 0 Å². The minimum absolute atomic E-state index is 0.0780. The lowest BCUT2D eigenvalue weighted by Crippen LogP contribution is -2.29. The molecule has 1 heterocycles. The third-order valence-corrected chi connectivity index (χ3v) is 2.54. The average molecular weight is 267 g/mol. The summed E-state index contributed by atoms with van der Waals surface area (Å²) in [6.45, 7) is 8.47. The number of Topliss-reactive ketones (excluding diaryl/α,β-unsaturated/α-hetero) is 1. The summed E-state index contributed by atoms with van der Waals surface area (Å²) >= 11 is 0. The van der Waals surface area contributed by atoms with Crippen LogP contribution in [0.2, 0.25) is 0 Å². The Morgan fingerprint density at radius 3 is 2.37 bits per heavy atom. The van der Waals surface area contributed by atoms with Gasteiger partial charge in [-0.15, -0.1) is 0 Å². The molecule has 0 aliphatic heterocycles. The minimum Gasteiger partial charge on any atom is -0.443 e. The van der Waals surface area contributed by atoms with Crippen molar-refractivity contribution in [1.29, 1.82) is 0 Å². The van der Waals surface area contributed by atoms with Gasteiger partial charge in [0, 0.05) is 6.20 Å². The van der Waals surface area contributed by atoms with Crippen LogP contribution in [0, 0.1) is 0 Å². The van der Waals surface area contributed by atoms with Crippen molar-refractivity contribution in [2.75, 3.05) is 6.61 Å². The van der Waals surface area contributed by atoms with E-state index in [9.17, 15) is 9.59 Å². The summed E-state index contributed by atoms with van der Waals surface area (Å²) in [6.07, 6.45) is 0.892.